The van der Waals surface area contributed by atoms with Crippen molar-refractivity contribution in [2.24, 2.45) is 11.8 Å². The molecule has 2 heterocycles. The molecule has 34 heavy (non-hydrogen) atoms. The molecule has 2 saturated heterocycles. The van der Waals surface area contributed by atoms with Crippen LogP contribution < -0.4 is 10.6 Å². The number of carbonyl (C=O) groups is 3. The Labute approximate surface area is 206 Å². The highest BCUT2D eigenvalue weighted by Gasteiger charge is 2.30. The number of carbonyl (C=O) groups excluding carboxylic acids is 3. The molecule has 2 fully saturated rings. The number of likely N-dealkylation sites (tertiary alicyclic amines) is 1. The molecule has 2 amide bonds. The van der Waals surface area contributed by atoms with E-state index in [1.165, 1.54) is 0 Å². The SMILES string of the molecule is C#CC(CC(=O)OCc1ccc(Cl)cc1)NC(=O)[C@@H]1CCCN(C(=O)CCC2CCNCC2)C1. The first-order chi connectivity index (χ1) is 16.4. The number of terminal acetylenes is 1. The number of amides is 2. The number of hydrogen-bond donors (Lipinski definition) is 2. The van der Waals surface area contributed by atoms with Crippen LogP contribution in [-0.2, 0) is 25.7 Å². The molecular weight excluding hydrogens is 454 g/mol. The lowest BCUT2D eigenvalue weighted by atomic mass is 9.92. The normalized spacial score (nSPS) is 19.6. The van der Waals surface area contributed by atoms with Crippen LogP contribution in [0.3, 0.4) is 0 Å². The van der Waals surface area contributed by atoms with E-state index in [1.807, 2.05) is 0 Å². The molecule has 7 nitrogen and oxygen atoms in total. The van der Waals surface area contributed by atoms with Gasteiger partial charge in [0.25, 0.3) is 0 Å². The fourth-order valence-corrected chi connectivity index (χ4v) is 4.61. The summed E-state index contributed by atoms with van der Waals surface area (Å²) < 4.78 is 5.27. The molecule has 184 valence electrons. The van der Waals surface area contributed by atoms with Gasteiger partial charge in [-0.2, -0.15) is 0 Å². The van der Waals surface area contributed by atoms with Crippen molar-refractivity contribution in [3.05, 3.63) is 34.9 Å². The van der Waals surface area contributed by atoms with E-state index in [4.69, 9.17) is 22.8 Å². The first kappa shape index (κ1) is 26.1. The first-order valence-corrected chi connectivity index (χ1v) is 12.5. The van der Waals surface area contributed by atoms with Crippen molar-refractivity contribution in [2.45, 2.75) is 57.6 Å². The lowest BCUT2D eigenvalue weighted by molar-refractivity contribution is -0.145. The smallest absolute Gasteiger partial charge is 0.309 e. The Morgan fingerprint density at radius 3 is 2.65 bits per heavy atom. The molecule has 1 aromatic rings. The summed E-state index contributed by atoms with van der Waals surface area (Å²) in [4.78, 5) is 39.5. The number of ether oxygens (including phenoxy) is 1. The second kappa shape index (κ2) is 13.4. The first-order valence-electron chi connectivity index (χ1n) is 12.1. The average molecular weight is 488 g/mol. The molecule has 8 heteroatoms. The number of halogens is 1. The lowest BCUT2D eigenvalue weighted by Crippen LogP contribution is -2.47. The van der Waals surface area contributed by atoms with Crippen LogP contribution in [0.4, 0.5) is 0 Å². The molecule has 0 radical (unpaired) electrons. The predicted octanol–water partition coefficient (Wildman–Crippen LogP) is 2.91. The van der Waals surface area contributed by atoms with Gasteiger partial charge in [0.15, 0.2) is 0 Å². The van der Waals surface area contributed by atoms with E-state index in [2.05, 4.69) is 16.6 Å². The van der Waals surface area contributed by atoms with Crippen LogP contribution in [0.5, 0.6) is 0 Å². The van der Waals surface area contributed by atoms with Crippen molar-refractivity contribution in [1.82, 2.24) is 15.5 Å². The van der Waals surface area contributed by atoms with E-state index in [0.29, 0.717) is 36.9 Å². The van der Waals surface area contributed by atoms with Crippen molar-refractivity contribution in [3.8, 4) is 12.3 Å². The van der Waals surface area contributed by atoms with E-state index in [9.17, 15) is 14.4 Å². The minimum absolute atomic E-state index is 0.109. The maximum atomic E-state index is 12.8. The van der Waals surface area contributed by atoms with E-state index in [1.54, 1.807) is 29.2 Å². The molecule has 2 atom stereocenters. The van der Waals surface area contributed by atoms with Crippen molar-refractivity contribution in [1.29, 1.82) is 0 Å². The molecule has 0 bridgehead atoms. The van der Waals surface area contributed by atoms with Crippen LogP contribution >= 0.6 is 11.6 Å². The number of hydrogen-bond acceptors (Lipinski definition) is 5. The zero-order chi connectivity index (χ0) is 24.3. The Hall–Kier alpha value is -2.56. The number of nitrogens with zero attached hydrogens (tertiary/aromatic N) is 1. The molecule has 0 saturated carbocycles. The van der Waals surface area contributed by atoms with E-state index in [0.717, 1.165) is 44.3 Å². The zero-order valence-electron chi connectivity index (χ0n) is 19.6. The number of piperidine rings is 2. The molecule has 2 aliphatic heterocycles. The summed E-state index contributed by atoms with van der Waals surface area (Å²) in [5, 5.41) is 6.73. The fraction of sp³-hybridized carbons (Fsp3) is 0.577. The highest BCUT2D eigenvalue weighted by atomic mass is 35.5. The largest absolute Gasteiger partial charge is 0.461 e. The van der Waals surface area contributed by atoms with Gasteiger partial charge in [-0.1, -0.05) is 29.7 Å². The van der Waals surface area contributed by atoms with Crippen molar-refractivity contribution in [2.75, 3.05) is 26.2 Å². The average Bonchev–Trinajstić information content (AvgIpc) is 2.87. The van der Waals surface area contributed by atoms with Gasteiger partial charge in [0.05, 0.1) is 12.3 Å². The zero-order valence-corrected chi connectivity index (χ0v) is 20.3. The number of esters is 1. The van der Waals surface area contributed by atoms with E-state index >= 15 is 0 Å². The second-order valence-electron chi connectivity index (χ2n) is 9.13. The van der Waals surface area contributed by atoms with Gasteiger partial charge in [-0.25, -0.2) is 0 Å². The van der Waals surface area contributed by atoms with Gasteiger partial charge in [-0.15, -0.1) is 6.42 Å². The summed E-state index contributed by atoms with van der Waals surface area (Å²) in [7, 11) is 0. The summed E-state index contributed by atoms with van der Waals surface area (Å²) in [6.07, 6.45) is 10.6. The Balaban J connectivity index is 1.41. The van der Waals surface area contributed by atoms with Crippen molar-refractivity contribution in [3.63, 3.8) is 0 Å². The van der Waals surface area contributed by atoms with E-state index in [-0.39, 0.29) is 30.8 Å². The standard InChI is InChI=1S/C26H34ClN3O4/c1-2-23(16-25(32)34-18-20-5-8-22(27)9-6-20)29-26(33)21-4-3-15-30(17-21)24(31)10-7-19-11-13-28-14-12-19/h1,5-6,8-9,19,21,23,28H,3-4,7,10-18H2,(H,29,33)/t21-,23?/m1/s1. The summed E-state index contributed by atoms with van der Waals surface area (Å²) in [5.41, 5.74) is 0.811. The van der Waals surface area contributed by atoms with Crippen LogP contribution in [-0.4, -0.2) is 54.9 Å². The van der Waals surface area contributed by atoms with Gasteiger partial charge in [-0.3, -0.25) is 14.4 Å². The number of nitrogens with one attached hydrogen (secondary N) is 2. The Morgan fingerprint density at radius 2 is 1.94 bits per heavy atom. The Kier molecular flexibility index (Phi) is 10.2. The summed E-state index contributed by atoms with van der Waals surface area (Å²) >= 11 is 5.85. The van der Waals surface area contributed by atoms with Crippen LogP contribution in [0.2, 0.25) is 5.02 Å². The lowest BCUT2D eigenvalue weighted by Gasteiger charge is -2.33. The molecule has 1 aromatic carbocycles. The van der Waals surface area contributed by atoms with Crippen LogP contribution in [0.25, 0.3) is 0 Å². The predicted molar refractivity (Wildman–Crippen MR) is 131 cm³/mol. The molecule has 0 aromatic heterocycles. The Morgan fingerprint density at radius 1 is 1.21 bits per heavy atom. The monoisotopic (exact) mass is 487 g/mol. The van der Waals surface area contributed by atoms with Gasteiger partial charge < -0.3 is 20.3 Å². The van der Waals surface area contributed by atoms with Crippen molar-refractivity contribution < 1.29 is 19.1 Å². The molecule has 0 aliphatic carbocycles. The van der Waals surface area contributed by atoms with Gasteiger partial charge >= 0.3 is 5.97 Å². The van der Waals surface area contributed by atoms with Crippen molar-refractivity contribution >= 4 is 29.4 Å². The van der Waals surface area contributed by atoms with Crippen LogP contribution in [0.15, 0.2) is 24.3 Å². The number of benzene rings is 1. The van der Waals surface area contributed by atoms with Gasteiger partial charge in [0.2, 0.25) is 11.8 Å². The highest BCUT2D eigenvalue weighted by molar-refractivity contribution is 6.30. The molecule has 2 N–H and O–H groups in total. The third-order valence-corrected chi connectivity index (χ3v) is 6.82. The quantitative estimate of drug-likeness (QED) is 0.413. The molecule has 1 unspecified atom stereocenters. The van der Waals surface area contributed by atoms with Gasteiger partial charge in [-0.05, 0) is 68.8 Å². The van der Waals surface area contributed by atoms with Crippen LogP contribution in [0, 0.1) is 24.2 Å². The van der Waals surface area contributed by atoms with Crippen LogP contribution in [0.1, 0.15) is 50.5 Å². The minimum atomic E-state index is -0.754. The number of rotatable bonds is 9. The second-order valence-corrected chi connectivity index (χ2v) is 9.57. The maximum absolute atomic E-state index is 12.8. The van der Waals surface area contributed by atoms with Gasteiger partial charge in [0, 0.05) is 24.5 Å². The third-order valence-electron chi connectivity index (χ3n) is 6.57. The minimum Gasteiger partial charge on any atom is -0.461 e. The van der Waals surface area contributed by atoms with E-state index < -0.39 is 12.0 Å². The summed E-state index contributed by atoms with van der Waals surface area (Å²) in [5.74, 6) is 2.16. The molecular formula is C26H34ClN3O4. The summed E-state index contributed by atoms with van der Waals surface area (Å²) in [6.45, 7) is 3.24. The third kappa shape index (κ3) is 8.34. The maximum Gasteiger partial charge on any atom is 0.309 e. The fourth-order valence-electron chi connectivity index (χ4n) is 4.49. The Bertz CT molecular complexity index is 877. The summed E-state index contributed by atoms with van der Waals surface area (Å²) in [6, 6.07) is 6.25. The van der Waals surface area contributed by atoms with Gasteiger partial charge in [0.1, 0.15) is 12.6 Å². The topological polar surface area (TPSA) is 87.7 Å². The molecule has 2 aliphatic rings. The molecule has 3 rings (SSSR count). The molecule has 0 spiro atoms. The highest BCUT2D eigenvalue weighted by Crippen LogP contribution is 2.22.